The van der Waals surface area contributed by atoms with E-state index in [-0.39, 0.29) is 12.5 Å². The van der Waals surface area contributed by atoms with Crippen molar-refractivity contribution in [3.63, 3.8) is 0 Å². The largest absolute Gasteiger partial charge is 0.481 e. The zero-order valence-corrected chi connectivity index (χ0v) is 9.40. The van der Waals surface area contributed by atoms with Gasteiger partial charge < -0.3 is 16.2 Å². The first kappa shape index (κ1) is 12.2. The smallest absolute Gasteiger partial charge is 0.303 e. The highest BCUT2D eigenvalue weighted by molar-refractivity contribution is 5.67. The Kier molecular flexibility index (Phi) is 4.04. The number of nitrogens with two attached hydrogens (primary N) is 1. The van der Waals surface area contributed by atoms with Gasteiger partial charge in [0.05, 0.1) is 0 Å². The van der Waals surface area contributed by atoms with Crippen molar-refractivity contribution in [3.8, 4) is 0 Å². The zero-order chi connectivity index (χ0) is 12.1. The normalized spacial score (nSPS) is 10.4. The van der Waals surface area contributed by atoms with E-state index < -0.39 is 5.97 Å². The fourth-order valence-corrected chi connectivity index (χ4v) is 1.18. The molecule has 1 aromatic rings. The Labute approximate surface area is 93.9 Å². The molecule has 0 aromatic carbocycles. The van der Waals surface area contributed by atoms with Crippen LogP contribution in [0.15, 0.2) is 6.20 Å². The summed E-state index contributed by atoms with van der Waals surface area (Å²) < 4.78 is 0. The van der Waals surface area contributed by atoms with Crippen LogP contribution in [0.2, 0.25) is 0 Å². The summed E-state index contributed by atoms with van der Waals surface area (Å²) in [6.45, 7) is 3.94. The average Bonchev–Trinajstić information content (AvgIpc) is 2.15. The zero-order valence-electron chi connectivity index (χ0n) is 9.40. The molecule has 88 valence electrons. The summed E-state index contributed by atoms with van der Waals surface area (Å²) >= 11 is 0. The van der Waals surface area contributed by atoms with E-state index >= 15 is 0 Å². The minimum absolute atomic E-state index is 0.0323. The van der Waals surface area contributed by atoms with Crippen molar-refractivity contribution in [3.05, 3.63) is 11.8 Å². The number of aliphatic carboxylic acids is 1. The quantitative estimate of drug-likeness (QED) is 0.686. The van der Waals surface area contributed by atoms with Gasteiger partial charge in [0.1, 0.15) is 5.82 Å². The lowest BCUT2D eigenvalue weighted by Crippen LogP contribution is -2.14. The molecule has 0 radical (unpaired) electrons. The van der Waals surface area contributed by atoms with Crippen molar-refractivity contribution in [2.45, 2.75) is 32.7 Å². The third-order valence-electron chi connectivity index (χ3n) is 1.92. The second kappa shape index (κ2) is 5.29. The predicted molar refractivity (Wildman–Crippen MR) is 61.2 cm³/mol. The molecule has 0 fully saturated rings. The van der Waals surface area contributed by atoms with Crippen LogP contribution in [-0.4, -0.2) is 27.1 Å². The number of hydrogen-bond donors (Lipinski definition) is 3. The topological polar surface area (TPSA) is 101 Å². The number of anilines is 2. The minimum atomic E-state index is -0.858. The van der Waals surface area contributed by atoms with Crippen molar-refractivity contribution >= 4 is 17.7 Å². The molecule has 1 rings (SSSR count). The molecule has 0 unspecified atom stereocenters. The molecule has 1 aromatic heterocycles. The number of aryl methyl sites for hydroxylation is 1. The van der Waals surface area contributed by atoms with Crippen LogP contribution < -0.4 is 11.1 Å². The monoisotopic (exact) mass is 224 g/mol. The number of aromatic nitrogens is 2. The lowest BCUT2D eigenvalue weighted by Gasteiger charge is -2.09. The number of nitrogen functional groups attached to an aromatic ring is 1. The SMILES string of the molecule is CC(C)Nc1ncc(CCC(=O)O)c(N)n1. The van der Waals surface area contributed by atoms with Crippen molar-refractivity contribution in [1.29, 1.82) is 0 Å². The summed E-state index contributed by atoms with van der Waals surface area (Å²) in [7, 11) is 0. The van der Waals surface area contributed by atoms with E-state index in [9.17, 15) is 4.79 Å². The number of nitrogens with zero attached hydrogens (tertiary/aromatic N) is 2. The molecule has 0 spiro atoms. The fraction of sp³-hybridized carbons (Fsp3) is 0.500. The minimum Gasteiger partial charge on any atom is -0.481 e. The Morgan fingerprint density at radius 1 is 1.62 bits per heavy atom. The molecule has 16 heavy (non-hydrogen) atoms. The second-order valence-corrected chi connectivity index (χ2v) is 3.80. The van der Waals surface area contributed by atoms with Crippen molar-refractivity contribution in [2.75, 3.05) is 11.1 Å². The maximum Gasteiger partial charge on any atom is 0.303 e. The van der Waals surface area contributed by atoms with Crippen LogP contribution in [0.1, 0.15) is 25.8 Å². The Hall–Kier alpha value is -1.85. The molecule has 6 nitrogen and oxygen atoms in total. The molecule has 0 saturated heterocycles. The van der Waals surface area contributed by atoms with Gasteiger partial charge in [-0.25, -0.2) is 4.98 Å². The van der Waals surface area contributed by atoms with Crippen LogP contribution >= 0.6 is 0 Å². The molecular weight excluding hydrogens is 208 g/mol. The molecule has 0 amide bonds. The molecule has 6 heteroatoms. The van der Waals surface area contributed by atoms with Gasteiger partial charge in [-0.1, -0.05) is 0 Å². The van der Waals surface area contributed by atoms with Crippen LogP contribution in [0, 0.1) is 0 Å². The highest BCUT2D eigenvalue weighted by atomic mass is 16.4. The third kappa shape index (κ3) is 3.72. The lowest BCUT2D eigenvalue weighted by molar-refractivity contribution is -0.136. The number of rotatable bonds is 5. The molecule has 0 bridgehead atoms. The van der Waals surface area contributed by atoms with Crippen molar-refractivity contribution < 1.29 is 9.90 Å². The fourth-order valence-electron chi connectivity index (χ4n) is 1.18. The highest BCUT2D eigenvalue weighted by Crippen LogP contribution is 2.12. The van der Waals surface area contributed by atoms with E-state index in [4.69, 9.17) is 10.8 Å². The van der Waals surface area contributed by atoms with E-state index in [0.29, 0.717) is 23.8 Å². The summed E-state index contributed by atoms with van der Waals surface area (Å²) in [5.74, 6) is -0.0604. The van der Waals surface area contributed by atoms with E-state index in [1.165, 1.54) is 0 Å². The number of carboxylic acid groups (broad SMARTS) is 1. The van der Waals surface area contributed by atoms with Gasteiger partial charge in [-0.15, -0.1) is 0 Å². The highest BCUT2D eigenvalue weighted by Gasteiger charge is 2.06. The molecule has 1 heterocycles. The van der Waals surface area contributed by atoms with Crippen molar-refractivity contribution in [1.82, 2.24) is 9.97 Å². The molecule has 0 saturated carbocycles. The Bertz CT molecular complexity index is 379. The Morgan fingerprint density at radius 2 is 2.31 bits per heavy atom. The van der Waals surface area contributed by atoms with Gasteiger partial charge in [0.15, 0.2) is 0 Å². The molecule has 0 aliphatic carbocycles. The van der Waals surface area contributed by atoms with E-state index in [1.807, 2.05) is 13.8 Å². The molecule has 4 N–H and O–H groups in total. The van der Waals surface area contributed by atoms with Crippen molar-refractivity contribution in [2.24, 2.45) is 0 Å². The van der Waals surface area contributed by atoms with Gasteiger partial charge in [-0.2, -0.15) is 4.98 Å². The summed E-state index contributed by atoms with van der Waals surface area (Å²) in [5, 5.41) is 11.6. The van der Waals surface area contributed by atoms with Gasteiger partial charge in [-0.05, 0) is 20.3 Å². The summed E-state index contributed by atoms with van der Waals surface area (Å²) in [6, 6.07) is 0.226. The van der Waals surface area contributed by atoms with Gasteiger partial charge >= 0.3 is 5.97 Å². The van der Waals surface area contributed by atoms with Crippen LogP contribution in [0.25, 0.3) is 0 Å². The molecule has 0 atom stereocenters. The maximum absolute atomic E-state index is 10.4. The first-order chi connectivity index (χ1) is 7.49. The number of nitrogens with one attached hydrogen (secondary N) is 1. The van der Waals surface area contributed by atoms with Gasteiger partial charge in [-0.3, -0.25) is 4.79 Å². The third-order valence-corrected chi connectivity index (χ3v) is 1.92. The first-order valence-electron chi connectivity index (χ1n) is 5.08. The van der Waals surface area contributed by atoms with Crippen LogP contribution in [0.3, 0.4) is 0 Å². The molecule has 0 aliphatic heterocycles. The van der Waals surface area contributed by atoms with Gasteiger partial charge in [0, 0.05) is 24.2 Å². The first-order valence-corrected chi connectivity index (χ1v) is 5.08. The number of carboxylic acids is 1. The maximum atomic E-state index is 10.4. The van der Waals surface area contributed by atoms with E-state index in [2.05, 4.69) is 15.3 Å². The average molecular weight is 224 g/mol. The summed E-state index contributed by atoms with van der Waals surface area (Å²) in [6.07, 6.45) is 1.95. The lowest BCUT2D eigenvalue weighted by atomic mass is 10.2. The summed E-state index contributed by atoms with van der Waals surface area (Å²) in [4.78, 5) is 18.5. The van der Waals surface area contributed by atoms with Crippen LogP contribution in [0.5, 0.6) is 0 Å². The number of hydrogen-bond acceptors (Lipinski definition) is 5. The summed E-state index contributed by atoms with van der Waals surface area (Å²) in [5.41, 5.74) is 6.36. The number of carbonyl (C=O) groups is 1. The standard InChI is InChI=1S/C10H16N4O2/c1-6(2)13-10-12-5-7(9(11)14-10)3-4-8(15)16/h5-6H,3-4H2,1-2H3,(H,15,16)(H3,11,12,13,14). The predicted octanol–water partition coefficient (Wildman–Crippen LogP) is 0.896. The Morgan fingerprint density at radius 3 is 2.81 bits per heavy atom. The van der Waals surface area contributed by atoms with Gasteiger partial charge in [0.2, 0.25) is 5.95 Å². The van der Waals surface area contributed by atoms with E-state index in [1.54, 1.807) is 6.20 Å². The van der Waals surface area contributed by atoms with Crippen LogP contribution in [-0.2, 0) is 11.2 Å². The second-order valence-electron chi connectivity index (χ2n) is 3.80. The Balaban J connectivity index is 2.71. The van der Waals surface area contributed by atoms with E-state index in [0.717, 1.165) is 0 Å². The molecular formula is C10H16N4O2. The van der Waals surface area contributed by atoms with Crippen LogP contribution in [0.4, 0.5) is 11.8 Å². The van der Waals surface area contributed by atoms with Gasteiger partial charge in [0.25, 0.3) is 0 Å². The molecule has 0 aliphatic rings.